The number of benzene rings is 1. The molecule has 0 aliphatic heterocycles. The molecule has 0 amide bonds. The summed E-state index contributed by atoms with van der Waals surface area (Å²) in [6.07, 6.45) is 0. The molecule has 0 aliphatic carbocycles. The number of hydrogen-bond donors (Lipinski definition) is 2. The fourth-order valence-corrected chi connectivity index (χ4v) is 0.976. The third-order valence-corrected chi connectivity index (χ3v) is 2.99. The molecule has 0 bridgehead atoms. The molecule has 93 valence electrons. The fraction of sp³-hybridized carbons (Fsp3) is 0.500. The number of rotatable bonds is 4. The molecule has 0 aromatic heterocycles. The summed E-state index contributed by atoms with van der Waals surface area (Å²) >= 11 is 0. The second-order valence-electron chi connectivity index (χ2n) is 5.09. The fourth-order valence-electron chi connectivity index (χ4n) is 0.976. The first-order valence-electron chi connectivity index (χ1n) is 5.42. The van der Waals surface area contributed by atoms with Crippen molar-refractivity contribution >= 4 is 18.6 Å². The van der Waals surface area contributed by atoms with Crippen molar-refractivity contribution < 1.29 is 14.2 Å². The number of aliphatic hydroxyl groups is 1. The van der Waals surface area contributed by atoms with Gasteiger partial charge in [0.25, 0.3) is 0 Å². The van der Waals surface area contributed by atoms with Crippen LogP contribution in [0.25, 0.3) is 0 Å². The Morgan fingerprint density at radius 1 is 1.29 bits per heavy atom. The normalized spacial score (nSPS) is 12.6. The number of anilines is 1. The van der Waals surface area contributed by atoms with Gasteiger partial charge in [0.05, 0.1) is 16.9 Å². The van der Waals surface area contributed by atoms with Gasteiger partial charge in [-0.3, -0.25) is 0 Å². The van der Waals surface area contributed by atoms with Crippen LogP contribution in [-0.2, 0) is 4.65 Å². The van der Waals surface area contributed by atoms with Crippen LogP contribution >= 0.6 is 0 Å². The van der Waals surface area contributed by atoms with E-state index in [2.05, 4.69) is 0 Å². The van der Waals surface area contributed by atoms with Crippen molar-refractivity contribution in [3.8, 4) is 0 Å². The lowest BCUT2D eigenvalue weighted by Crippen LogP contribution is -2.49. The zero-order valence-corrected chi connectivity index (χ0v) is 10.6. The maximum Gasteiger partial charge on any atom is 0.331 e. The van der Waals surface area contributed by atoms with Crippen LogP contribution < -0.4 is 11.2 Å². The van der Waals surface area contributed by atoms with E-state index in [0.29, 0.717) is 5.46 Å². The molecular formula is C12H18BFNO2. The third kappa shape index (κ3) is 3.44. The molecule has 0 unspecified atom stereocenters. The molecule has 5 heteroatoms. The molecule has 1 aromatic carbocycles. The lowest BCUT2D eigenvalue weighted by atomic mass is 9.82. The van der Waals surface area contributed by atoms with Gasteiger partial charge in [-0.15, -0.1) is 0 Å². The van der Waals surface area contributed by atoms with Gasteiger partial charge in [-0.1, -0.05) is 11.5 Å². The van der Waals surface area contributed by atoms with Crippen molar-refractivity contribution in [2.45, 2.75) is 38.9 Å². The van der Waals surface area contributed by atoms with E-state index in [9.17, 15) is 9.50 Å². The first-order chi connectivity index (χ1) is 7.63. The maximum absolute atomic E-state index is 13.2. The van der Waals surface area contributed by atoms with E-state index in [1.165, 1.54) is 19.6 Å². The molecule has 1 rings (SSSR count). The second kappa shape index (κ2) is 4.66. The van der Waals surface area contributed by atoms with E-state index in [4.69, 9.17) is 10.4 Å². The van der Waals surface area contributed by atoms with Crippen LogP contribution in [0.2, 0.25) is 0 Å². The SMILES string of the molecule is CC(C)(O)C(C)(C)O[B]c1ccc(N)c(F)c1. The van der Waals surface area contributed by atoms with Crippen LogP contribution in [0.4, 0.5) is 10.1 Å². The molecule has 0 saturated heterocycles. The van der Waals surface area contributed by atoms with Gasteiger partial charge < -0.3 is 15.5 Å². The first-order valence-corrected chi connectivity index (χ1v) is 5.42. The Morgan fingerprint density at radius 3 is 2.35 bits per heavy atom. The summed E-state index contributed by atoms with van der Waals surface area (Å²) in [6.45, 7) is 6.84. The highest BCUT2D eigenvalue weighted by atomic mass is 19.1. The van der Waals surface area contributed by atoms with Gasteiger partial charge in [0.2, 0.25) is 0 Å². The van der Waals surface area contributed by atoms with Crippen molar-refractivity contribution in [2.24, 2.45) is 0 Å². The molecule has 0 aliphatic rings. The minimum absolute atomic E-state index is 0.101. The Morgan fingerprint density at radius 2 is 1.88 bits per heavy atom. The van der Waals surface area contributed by atoms with Crippen molar-refractivity contribution in [3.63, 3.8) is 0 Å². The van der Waals surface area contributed by atoms with Gasteiger partial charge >= 0.3 is 7.48 Å². The minimum Gasteiger partial charge on any atom is -0.427 e. The first kappa shape index (κ1) is 14.0. The molecule has 3 N–H and O–H groups in total. The summed E-state index contributed by atoms with van der Waals surface area (Å²) in [6, 6.07) is 4.41. The summed E-state index contributed by atoms with van der Waals surface area (Å²) < 4.78 is 18.7. The highest BCUT2D eigenvalue weighted by Gasteiger charge is 2.35. The Hall–Kier alpha value is -1.07. The van der Waals surface area contributed by atoms with Crippen LogP contribution in [0, 0.1) is 5.82 Å². The largest absolute Gasteiger partial charge is 0.427 e. The van der Waals surface area contributed by atoms with E-state index in [-0.39, 0.29) is 5.69 Å². The number of nitrogens with two attached hydrogens (primary N) is 1. The smallest absolute Gasteiger partial charge is 0.331 e. The molecule has 3 nitrogen and oxygen atoms in total. The summed E-state index contributed by atoms with van der Waals surface area (Å²) in [5, 5.41) is 9.88. The van der Waals surface area contributed by atoms with Crippen molar-refractivity contribution in [3.05, 3.63) is 24.0 Å². The Labute approximate surface area is 102 Å². The van der Waals surface area contributed by atoms with Crippen LogP contribution in [0.3, 0.4) is 0 Å². The highest BCUT2D eigenvalue weighted by molar-refractivity contribution is 6.47. The monoisotopic (exact) mass is 238 g/mol. The average Bonchev–Trinajstić information content (AvgIpc) is 2.18. The maximum atomic E-state index is 13.2. The standard InChI is InChI=1S/C12H18BFNO2/c1-11(2,16)12(3,4)17-13-8-5-6-10(15)9(14)7-8/h5-7,16H,15H2,1-4H3. The molecule has 1 radical (unpaired) electrons. The van der Waals surface area contributed by atoms with Gasteiger partial charge in [0.15, 0.2) is 0 Å². The third-order valence-electron chi connectivity index (χ3n) is 2.99. The zero-order chi connectivity index (χ0) is 13.3. The Kier molecular flexibility index (Phi) is 3.84. The van der Waals surface area contributed by atoms with Crippen molar-refractivity contribution in [1.82, 2.24) is 0 Å². The van der Waals surface area contributed by atoms with Crippen molar-refractivity contribution in [1.29, 1.82) is 0 Å². The summed E-state index contributed by atoms with van der Waals surface area (Å²) in [5.41, 5.74) is 4.26. The predicted molar refractivity (Wildman–Crippen MR) is 67.7 cm³/mol. The topological polar surface area (TPSA) is 55.5 Å². The molecule has 0 fully saturated rings. The van der Waals surface area contributed by atoms with Gasteiger partial charge in [0, 0.05) is 0 Å². The summed E-state index contributed by atoms with van der Waals surface area (Å²) in [5.74, 6) is -0.483. The van der Waals surface area contributed by atoms with E-state index in [1.807, 2.05) is 0 Å². The lowest BCUT2D eigenvalue weighted by molar-refractivity contribution is -0.0893. The van der Waals surface area contributed by atoms with Crippen molar-refractivity contribution in [2.75, 3.05) is 5.73 Å². The summed E-state index contributed by atoms with van der Waals surface area (Å²) in [7, 11) is 1.42. The van der Waals surface area contributed by atoms with Gasteiger partial charge in [-0.2, -0.15) is 0 Å². The van der Waals surface area contributed by atoms with Gasteiger partial charge in [-0.05, 0) is 39.8 Å². The zero-order valence-electron chi connectivity index (χ0n) is 10.6. The second-order valence-corrected chi connectivity index (χ2v) is 5.09. The van der Waals surface area contributed by atoms with Crippen LogP contribution in [0.1, 0.15) is 27.7 Å². The Bertz CT molecular complexity index is 402. The van der Waals surface area contributed by atoms with Gasteiger partial charge in [-0.25, -0.2) is 4.39 Å². The molecule has 0 heterocycles. The molecular weight excluding hydrogens is 220 g/mol. The van der Waals surface area contributed by atoms with E-state index in [1.54, 1.807) is 33.8 Å². The molecule has 0 atom stereocenters. The van der Waals surface area contributed by atoms with Crippen LogP contribution in [-0.4, -0.2) is 23.8 Å². The van der Waals surface area contributed by atoms with E-state index in [0.717, 1.165) is 0 Å². The van der Waals surface area contributed by atoms with E-state index < -0.39 is 17.0 Å². The number of halogens is 1. The highest BCUT2D eigenvalue weighted by Crippen LogP contribution is 2.24. The van der Waals surface area contributed by atoms with Crippen LogP contribution in [0.15, 0.2) is 18.2 Å². The minimum atomic E-state index is -1.00. The Balaban J connectivity index is 2.71. The molecule has 0 spiro atoms. The van der Waals surface area contributed by atoms with E-state index >= 15 is 0 Å². The van der Waals surface area contributed by atoms with Crippen LogP contribution in [0.5, 0.6) is 0 Å². The number of hydrogen-bond acceptors (Lipinski definition) is 3. The van der Waals surface area contributed by atoms with Gasteiger partial charge in [0.1, 0.15) is 5.82 Å². The quantitative estimate of drug-likeness (QED) is 0.612. The molecule has 1 aromatic rings. The lowest BCUT2D eigenvalue weighted by Gasteiger charge is -2.37. The molecule has 17 heavy (non-hydrogen) atoms. The summed E-state index contributed by atoms with van der Waals surface area (Å²) in [4.78, 5) is 0. The number of nitrogen functional groups attached to an aromatic ring is 1. The predicted octanol–water partition coefficient (Wildman–Crippen LogP) is 1.22. The molecule has 0 saturated carbocycles. The average molecular weight is 238 g/mol.